The van der Waals surface area contributed by atoms with Gasteiger partial charge in [-0.3, -0.25) is 0 Å². The molecule has 0 bridgehead atoms. The normalized spacial score (nSPS) is 13.5. The summed E-state index contributed by atoms with van der Waals surface area (Å²) >= 11 is 0. The number of halogens is 4. The number of hydrogen-bond acceptors (Lipinski definition) is 5. The molecule has 0 aliphatic rings. The number of aromatic amines is 1. The molecule has 6 nitrogen and oxygen atoms in total. The minimum Gasteiger partial charge on any atom is -0.373 e. The molecular weight excluding hydrogens is 354 g/mol. The molecule has 0 unspecified atom stereocenters. The van der Waals surface area contributed by atoms with Gasteiger partial charge in [0.15, 0.2) is 21.4 Å². The van der Waals surface area contributed by atoms with Crippen LogP contribution in [0.1, 0.15) is 0 Å². The molecule has 0 amide bonds. The average Bonchev–Trinajstić information content (AvgIpc) is 2.70. The van der Waals surface area contributed by atoms with Crippen molar-refractivity contribution in [2.24, 2.45) is 0 Å². The summed E-state index contributed by atoms with van der Waals surface area (Å²) in [6.07, 6.45) is 0.861. The van der Waals surface area contributed by atoms with Gasteiger partial charge in [-0.25, -0.2) is 12.8 Å². The zero-order valence-electron chi connectivity index (χ0n) is 10.6. The third kappa shape index (κ3) is 3.02. The fourth-order valence-corrected chi connectivity index (χ4v) is 2.63. The summed E-state index contributed by atoms with van der Waals surface area (Å²) < 4.78 is 98.3. The molecule has 1 heterocycles. The molecular formula is C10H7F4NO5S2. The first-order valence-electron chi connectivity index (χ1n) is 5.34. The van der Waals surface area contributed by atoms with Gasteiger partial charge in [0.05, 0.1) is 5.52 Å². The Morgan fingerprint density at radius 1 is 1.09 bits per heavy atom. The van der Waals surface area contributed by atoms with Crippen LogP contribution < -0.4 is 4.18 Å². The molecule has 22 heavy (non-hydrogen) atoms. The fraction of sp³-hybridized carbons (Fsp3) is 0.200. The van der Waals surface area contributed by atoms with E-state index in [1.165, 1.54) is 0 Å². The number of nitrogens with one attached hydrogen (secondary N) is 1. The summed E-state index contributed by atoms with van der Waals surface area (Å²) in [5, 5.41) is -0.285. The molecule has 0 atom stereocenters. The fourth-order valence-electron chi connectivity index (χ4n) is 1.54. The minimum absolute atomic E-state index is 0.0229. The van der Waals surface area contributed by atoms with E-state index in [0.717, 1.165) is 12.3 Å². The maximum absolute atomic E-state index is 13.6. The van der Waals surface area contributed by atoms with Crippen LogP contribution in [0.2, 0.25) is 0 Å². The number of H-pyrrole nitrogens is 1. The zero-order valence-corrected chi connectivity index (χ0v) is 12.2. The lowest BCUT2D eigenvalue weighted by Crippen LogP contribution is -2.28. The highest BCUT2D eigenvalue weighted by atomic mass is 32.2. The molecule has 0 saturated carbocycles. The Balaban J connectivity index is 2.56. The van der Waals surface area contributed by atoms with E-state index in [0.29, 0.717) is 12.1 Å². The van der Waals surface area contributed by atoms with Gasteiger partial charge in [-0.05, 0) is 12.1 Å². The minimum atomic E-state index is -6.04. The van der Waals surface area contributed by atoms with Gasteiger partial charge < -0.3 is 9.17 Å². The highest BCUT2D eigenvalue weighted by Gasteiger charge is 2.49. The Kier molecular flexibility index (Phi) is 3.64. The van der Waals surface area contributed by atoms with Crippen LogP contribution in [-0.2, 0) is 20.0 Å². The Hall–Kier alpha value is -1.82. The summed E-state index contributed by atoms with van der Waals surface area (Å²) in [6.45, 7) is 0. The SMILES string of the molecule is CS(=O)(=O)c1cc2cc(F)c(OS(=O)(=O)C(F)(F)F)cc2[nH]1. The standard InChI is InChI=1S/C10H7F4NO5S2/c1-21(16,17)9-3-5-2-6(11)8(4-7(5)15-9)20-22(18,19)10(12,13)14/h2-4,15H,1H3. The Morgan fingerprint density at radius 3 is 2.18 bits per heavy atom. The van der Waals surface area contributed by atoms with Crippen molar-refractivity contribution >= 4 is 30.9 Å². The second kappa shape index (κ2) is 4.84. The summed E-state index contributed by atoms with van der Waals surface area (Å²) in [6, 6.07) is 2.33. The lowest BCUT2D eigenvalue weighted by molar-refractivity contribution is -0.0500. The van der Waals surface area contributed by atoms with Crippen LogP contribution in [0.3, 0.4) is 0 Å². The summed E-state index contributed by atoms with van der Waals surface area (Å²) in [5.41, 5.74) is -5.82. The molecule has 0 aliphatic heterocycles. The van der Waals surface area contributed by atoms with Crippen molar-refractivity contribution in [2.75, 3.05) is 6.26 Å². The molecule has 1 aromatic heterocycles. The van der Waals surface area contributed by atoms with Gasteiger partial charge in [-0.1, -0.05) is 0 Å². The number of fused-ring (bicyclic) bond motifs is 1. The molecule has 0 saturated heterocycles. The number of benzene rings is 1. The van der Waals surface area contributed by atoms with Gasteiger partial charge in [0.25, 0.3) is 0 Å². The van der Waals surface area contributed by atoms with E-state index in [4.69, 9.17) is 0 Å². The lowest BCUT2D eigenvalue weighted by atomic mass is 10.2. The first kappa shape index (κ1) is 16.5. The van der Waals surface area contributed by atoms with Crippen LogP contribution in [0.4, 0.5) is 17.6 Å². The molecule has 12 heteroatoms. The third-order valence-corrected chi connectivity index (χ3v) is 4.52. The van der Waals surface area contributed by atoms with E-state index >= 15 is 0 Å². The van der Waals surface area contributed by atoms with Gasteiger partial charge in [-0.2, -0.15) is 21.6 Å². The number of rotatable bonds is 3. The molecule has 1 aromatic carbocycles. The Labute approximate surface area is 121 Å². The van der Waals surface area contributed by atoms with Crippen LogP contribution >= 0.6 is 0 Å². The van der Waals surface area contributed by atoms with E-state index in [9.17, 15) is 34.4 Å². The molecule has 122 valence electrons. The van der Waals surface area contributed by atoms with Gasteiger partial charge in [0.1, 0.15) is 5.03 Å². The number of aromatic nitrogens is 1. The van der Waals surface area contributed by atoms with Crippen molar-refractivity contribution < 1.29 is 38.6 Å². The van der Waals surface area contributed by atoms with Crippen molar-refractivity contribution in [3.05, 3.63) is 24.0 Å². The number of hydrogen-bond donors (Lipinski definition) is 1. The van der Waals surface area contributed by atoms with Crippen LogP contribution in [0.25, 0.3) is 10.9 Å². The van der Waals surface area contributed by atoms with E-state index < -0.39 is 37.0 Å². The molecule has 0 spiro atoms. The summed E-state index contributed by atoms with van der Waals surface area (Å²) in [4.78, 5) is 2.32. The largest absolute Gasteiger partial charge is 0.534 e. The molecule has 2 aromatic rings. The van der Waals surface area contributed by atoms with Crippen LogP contribution in [0, 0.1) is 5.82 Å². The second-order valence-electron chi connectivity index (χ2n) is 4.26. The first-order valence-corrected chi connectivity index (χ1v) is 8.64. The maximum Gasteiger partial charge on any atom is 0.534 e. The highest BCUT2D eigenvalue weighted by molar-refractivity contribution is 7.90. The van der Waals surface area contributed by atoms with Gasteiger partial charge in [0.2, 0.25) is 0 Å². The van der Waals surface area contributed by atoms with Crippen molar-refractivity contribution in [2.45, 2.75) is 10.5 Å². The third-order valence-electron chi connectivity index (χ3n) is 2.53. The van der Waals surface area contributed by atoms with Gasteiger partial charge in [-0.15, -0.1) is 0 Å². The van der Waals surface area contributed by atoms with E-state index in [1.54, 1.807) is 0 Å². The maximum atomic E-state index is 13.6. The lowest BCUT2D eigenvalue weighted by Gasteiger charge is -2.09. The smallest absolute Gasteiger partial charge is 0.373 e. The highest BCUT2D eigenvalue weighted by Crippen LogP contribution is 2.31. The predicted molar refractivity (Wildman–Crippen MR) is 67.0 cm³/mol. The van der Waals surface area contributed by atoms with Gasteiger partial charge >= 0.3 is 15.6 Å². The Morgan fingerprint density at radius 2 is 1.68 bits per heavy atom. The Bertz CT molecular complexity index is 944. The quantitative estimate of drug-likeness (QED) is 0.512. The van der Waals surface area contributed by atoms with Gasteiger partial charge in [0, 0.05) is 17.7 Å². The van der Waals surface area contributed by atoms with Crippen molar-refractivity contribution in [3.63, 3.8) is 0 Å². The number of sulfone groups is 1. The average molecular weight is 361 g/mol. The second-order valence-corrected chi connectivity index (χ2v) is 7.78. The zero-order chi connectivity index (χ0) is 16.9. The van der Waals surface area contributed by atoms with Crippen LogP contribution in [-0.4, -0.2) is 33.6 Å². The van der Waals surface area contributed by atoms with E-state index in [2.05, 4.69) is 9.17 Å². The molecule has 0 aliphatic carbocycles. The van der Waals surface area contributed by atoms with Crippen molar-refractivity contribution in [1.29, 1.82) is 0 Å². The topological polar surface area (TPSA) is 93.3 Å². The summed E-state index contributed by atoms with van der Waals surface area (Å²) in [7, 11) is -9.70. The first-order chi connectivity index (χ1) is 9.81. The van der Waals surface area contributed by atoms with Crippen LogP contribution in [0.15, 0.2) is 23.2 Å². The molecule has 1 N–H and O–H groups in total. The number of alkyl halides is 3. The van der Waals surface area contributed by atoms with Crippen molar-refractivity contribution in [1.82, 2.24) is 4.98 Å². The van der Waals surface area contributed by atoms with E-state index in [1.807, 2.05) is 0 Å². The monoisotopic (exact) mass is 361 g/mol. The molecule has 0 fully saturated rings. The predicted octanol–water partition coefficient (Wildman–Crippen LogP) is 1.94. The molecule has 0 radical (unpaired) electrons. The van der Waals surface area contributed by atoms with Crippen LogP contribution in [0.5, 0.6) is 5.75 Å². The summed E-state index contributed by atoms with van der Waals surface area (Å²) in [5.74, 6) is -2.59. The van der Waals surface area contributed by atoms with E-state index in [-0.39, 0.29) is 15.9 Å². The van der Waals surface area contributed by atoms with Crippen molar-refractivity contribution in [3.8, 4) is 5.75 Å². The molecule has 2 rings (SSSR count).